The smallest absolute Gasteiger partial charge is 0.315 e. The Hall–Kier alpha value is -2.10. The van der Waals surface area contributed by atoms with Crippen LogP contribution in [0.3, 0.4) is 0 Å². The second kappa shape index (κ2) is 10.9. The van der Waals surface area contributed by atoms with Crippen LogP contribution in [0, 0.1) is 17.2 Å². The second-order valence-corrected chi connectivity index (χ2v) is 7.10. The van der Waals surface area contributed by atoms with Crippen molar-refractivity contribution in [3.63, 3.8) is 0 Å². The Balaban J connectivity index is 1.90. The van der Waals surface area contributed by atoms with Crippen LogP contribution in [-0.2, 0) is 4.74 Å². The molecule has 2 unspecified atom stereocenters. The molecular formula is C21H32N4O2. The van der Waals surface area contributed by atoms with Crippen molar-refractivity contribution in [2.45, 2.75) is 45.7 Å². The summed E-state index contributed by atoms with van der Waals surface area (Å²) in [5, 5.41) is 14.9. The fourth-order valence-electron chi connectivity index (χ4n) is 3.71. The molecule has 2 N–H and O–H groups in total. The van der Waals surface area contributed by atoms with Crippen molar-refractivity contribution in [3.8, 4) is 6.07 Å². The van der Waals surface area contributed by atoms with Crippen molar-refractivity contribution in [2.75, 3.05) is 32.8 Å². The summed E-state index contributed by atoms with van der Waals surface area (Å²) in [6.07, 6.45) is 2.20. The van der Waals surface area contributed by atoms with E-state index in [1.54, 1.807) is 12.1 Å². The molecule has 0 spiro atoms. The Labute approximate surface area is 162 Å². The van der Waals surface area contributed by atoms with Crippen LogP contribution in [0.25, 0.3) is 0 Å². The molecule has 1 aromatic carbocycles. The summed E-state index contributed by atoms with van der Waals surface area (Å²) in [6, 6.07) is 9.47. The molecule has 2 rings (SSSR count). The predicted octanol–water partition coefficient (Wildman–Crippen LogP) is 3.06. The Morgan fingerprint density at radius 2 is 1.85 bits per heavy atom. The highest BCUT2D eigenvalue weighted by atomic mass is 16.5. The molecule has 0 bridgehead atoms. The first-order chi connectivity index (χ1) is 13.1. The van der Waals surface area contributed by atoms with Crippen molar-refractivity contribution >= 4 is 6.03 Å². The minimum atomic E-state index is -0.156. The highest BCUT2D eigenvalue weighted by Crippen LogP contribution is 2.19. The number of benzene rings is 1. The van der Waals surface area contributed by atoms with Crippen LogP contribution in [0.4, 0.5) is 4.79 Å². The zero-order valence-corrected chi connectivity index (χ0v) is 16.7. The molecule has 148 valence electrons. The molecule has 2 atom stereocenters. The zero-order valence-electron chi connectivity index (χ0n) is 16.7. The van der Waals surface area contributed by atoms with Crippen molar-refractivity contribution in [1.29, 1.82) is 5.26 Å². The Bertz CT molecular complexity index is 616. The van der Waals surface area contributed by atoms with Crippen LogP contribution >= 0.6 is 0 Å². The van der Waals surface area contributed by atoms with Gasteiger partial charge in [0.05, 0.1) is 30.9 Å². The fraction of sp³-hybridized carbons (Fsp3) is 0.619. The number of nitrogens with zero attached hydrogens (tertiary/aromatic N) is 2. The molecule has 0 aliphatic carbocycles. The van der Waals surface area contributed by atoms with Crippen molar-refractivity contribution < 1.29 is 9.53 Å². The number of amides is 2. The number of ether oxygens (including phenoxy) is 1. The molecule has 6 nitrogen and oxygen atoms in total. The molecule has 27 heavy (non-hydrogen) atoms. The van der Waals surface area contributed by atoms with Crippen LogP contribution < -0.4 is 10.6 Å². The lowest BCUT2D eigenvalue weighted by molar-refractivity contribution is 0.00236. The van der Waals surface area contributed by atoms with E-state index in [1.807, 2.05) is 19.1 Å². The molecule has 0 saturated carbocycles. The van der Waals surface area contributed by atoms with Crippen LogP contribution in [0.5, 0.6) is 0 Å². The molecule has 6 heteroatoms. The normalized spacial score (nSPS) is 17.1. The van der Waals surface area contributed by atoms with Gasteiger partial charge in [0, 0.05) is 25.7 Å². The zero-order chi connectivity index (χ0) is 19.6. The molecule has 2 amide bonds. The molecule has 1 fully saturated rings. The largest absolute Gasteiger partial charge is 0.379 e. The summed E-state index contributed by atoms with van der Waals surface area (Å²) in [6.45, 7) is 10.4. The molecular weight excluding hydrogens is 340 g/mol. The van der Waals surface area contributed by atoms with E-state index >= 15 is 0 Å². The predicted molar refractivity (Wildman–Crippen MR) is 106 cm³/mol. The maximum absolute atomic E-state index is 12.4. The molecule has 1 heterocycles. The van der Waals surface area contributed by atoms with Gasteiger partial charge in [-0.05, 0) is 30.5 Å². The number of urea groups is 1. The first-order valence-electron chi connectivity index (χ1n) is 9.95. The quantitative estimate of drug-likeness (QED) is 0.735. The molecule has 0 aromatic heterocycles. The first kappa shape index (κ1) is 21.2. The second-order valence-electron chi connectivity index (χ2n) is 7.10. The number of rotatable bonds is 8. The monoisotopic (exact) mass is 372 g/mol. The number of morpholine rings is 1. The summed E-state index contributed by atoms with van der Waals surface area (Å²) in [5.74, 6) is 0.555. The van der Waals surface area contributed by atoms with Crippen molar-refractivity contribution in [1.82, 2.24) is 15.5 Å². The number of nitrogens with one attached hydrogen (secondary N) is 2. The van der Waals surface area contributed by atoms with Crippen molar-refractivity contribution in [3.05, 3.63) is 35.4 Å². The summed E-state index contributed by atoms with van der Waals surface area (Å²) in [5.41, 5.74) is 1.60. The maximum atomic E-state index is 12.4. The summed E-state index contributed by atoms with van der Waals surface area (Å²) >= 11 is 0. The molecule has 1 saturated heterocycles. The van der Waals surface area contributed by atoms with Gasteiger partial charge >= 0.3 is 6.03 Å². The van der Waals surface area contributed by atoms with E-state index in [-0.39, 0.29) is 12.1 Å². The Kier molecular flexibility index (Phi) is 8.56. The SMILES string of the molecule is CCC(CC)C(CNC(=O)NC(C)c1ccc(C#N)cc1)N1CCOCC1. The topological polar surface area (TPSA) is 77.4 Å². The van der Waals surface area contributed by atoms with Gasteiger partial charge in [-0.25, -0.2) is 4.79 Å². The first-order valence-corrected chi connectivity index (χ1v) is 9.95. The summed E-state index contributed by atoms with van der Waals surface area (Å²) in [7, 11) is 0. The van der Waals surface area contributed by atoms with Crippen LogP contribution in [0.1, 0.15) is 50.8 Å². The highest BCUT2D eigenvalue weighted by molar-refractivity contribution is 5.74. The number of hydrogen-bond acceptors (Lipinski definition) is 4. The lowest BCUT2D eigenvalue weighted by atomic mass is 9.92. The molecule has 1 aliphatic rings. The van der Waals surface area contributed by atoms with Gasteiger partial charge in [-0.1, -0.05) is 38.8 Å². The Morgan fingerprint density at radius 3 is 2.41 bits per heavy atom. The van der Waals surface area contributed by atoms with Gasteiger partial charge in [-0.15, -0.1) is 0 Å². The van der Waals surface area contributed by atoms with Crippen LogP contribution in [-0.4, -0.2) is 49.8 Å². The van der Waals surface area contributed by atoms with Gasteiger partial charge in [0.25, 0.3) is 0 Å². The standard InChI is InChI=1S/C21H32N4O2/c1-4-18(5-2)20(25-10-12-27-13-11-25)15-23-21(26)24-16(3)19-8-6-17(14-22)7-9-19/h6-9,16,18,20H,4-5,10-13,15H2,1-3H3,(H2,23,24,26). The van der Waals surface area contributed by atoms with Gasteiger partial charge in [-0.3, -0.25) is 4.90 Å². The van der Waals surface area contributed by atoms with E-state index in [0.29, 0.717) is 24.1 Å². The van der Waals surface area contributed by atoms with E-state index in [4.69, 9.17) is 10.00 Å². The third-order valence-corrected chi connectivity index (χ3v) is 5.47. The lowest BCUT2D eigenvalue weighted by Gasteiger charge is -2.38. The molecule has 1 aromatic rings. The average Bonchev–Trinajstić information content (AvgIpc) is 2.71. The van der Waals surface area contributed by atoms with Gasteiger partial charge in [0.1, 0.15) is 0 Å². The fourth-order valence-corrected chi connectivity index (χ4v) is 3.71. The van der Waals surface area contributed by atoms with Gasteiger partial charge < -0.3 is 15.4 Å². The number of nitriles is 1. The Morgan fingerprint density at radius 1 is 1.22 bits per heavy atom. The van der Waals surface area contributed by atoms with E-state index in [1.165, 1.54) is 0 Å². The van der Waals surface area contributed by atoms with Gasteiger partial charge in [0.15, 0.2) is 0 Å². The summed E-state index contributed by atoms with van der Waals surface area (Å²) < 4.78 is 5.48. The number of hydrogen-bond donors (Lipinski definition) is 2. The maximum Gasteiger partial charge on any atom is 0.315 e. The minimum Gasteiger partial charge on any atom is -0.379 e. The van der Waals surface area contributed by atoms with E-state index in [0.717, 1.165) is 44.7 Å². The lowest BCUT2D eigenvalue weighted by Crippen LogP contribution is -2.53. The molecule has 1 aliphatic heterocycles. The van der Waals surface area contributed by atoms with E-state index in [2.05, 4.69) is 35.5 Å². The molecule has 0 radical (unpaired) electrons. The minimum absolute atomic E-state index is 0.118. The van der Waals surface area contributed by atoms with E-state index in [9.17, 15) is 4.79 Å². The average molecular weight is 373 g/mol. The number of carbonyl (C=O) groups excluding carboxylic acids is 1. The van der Waals surface area contributed by atoms with Gasteiger partial charge in [-0.2, -0.15) is 5.26 Å². The van der Waals surface area contributed by atoms with E-state index < -0.39 is 0 Å². The summed E-state index contributed by atoms with van der Waals surface area (Å²) in [4.78, 5) is 14.9. The van der Waals surface area contributed by atoms with Gasteiger partial charge in [0.2, 0.25) is 0 Å². The third kappa shape index (κ3) is 6.23. The highest BCUT2D eigenvalue weighted by Gasteiger charge is 2.27. The van der Waals surface area contributed by atoms with Crippen molar-refractivity contribution in [2.24, 2.45) is 5.92 Å². The third-order valence-electron chi connectivity index (χ3n) is 5.47. The van der Waals surface area contributed by atoms with Crippen LogP contribution in [0.2, 0.25) is 0 Å². The number of carbonyl (C=O) groups is 1. The van der Waals surface area contributed by atoms with Crippen LogP contribution in [0.15, 0.2) is 24.3 Å².